The summed E-state index contributed by atoms with van der Waals surface area (Å²) < 4.78 is 46.3. The van der Waals surface area contributed by atoms with E-state index in [1.807, 2.05) is 6.07 Å². The van der Waals surface area contributed by atoms with Crippen LogP contribution in [0.2, 0.25) is 0 Å². The molecule has 0 spiro atoms. The molecule has 2 aromatic carbocycles. The van der Waals surface area contributed by atoms with Crippen molar-refractivity contribution in [3.05, 3.63) is 59.2 Å². The predicted molar refractivity (Wildman–Crippen MR) is 136 cm³/mol. The molecule has 1 atom stereocenters. The third kappa shape index (κ3) is 4.75. The van der Waals surface area contributed by atoms with Crippen LogP contribution >= 0.6 is 11.8 Å². The van der Waals surface area contributed by atoms with Crippen LogP contribution in [0, 0.1) is 0 Å². The molecule has 0 aromatic heterocycles. The van der Waals surface area contributed by atoms with E-state index in [-0.39, 0.29) is 34.7 Å². The molecule has 1 saturated heterocycles. The second-order valence-electron chi connectivity index (χ2n) is 11.0. The average molecular weight is 521 g/mol. The largest absolute Gasteiger partial charge is 0.525 e. The Hall–Kier alpha value is -2.52. The van der Waals surface area contributed by atoms with E-state index in [1.165, 1.54) is 0 Å². The molecular weight excluding hydrogens is 489 g/mol. The van der Waals surface area contributed by atoms with Gasteiger partial charge in [-0.3, -0.25) is 19.2 Å². The van der Waals surface area contributed by atoms with Gasteiger partial charge in [0.15, 0.2) is 0 Å². The van der Waals surface area contributed by atoms with E-state index >= 15 is 0 Å². The number of hydrogen-bond acceptors (Lipinski definition) is 5. The van der Waals surface area contributed by atoms with Crippen LogP contribution in [0.15, 0.2) is 42.5 Å². The van der Waals surface area contributed by atoms with Crippen molar-refractivity contribution in [3.8, 4) is 0 Å². The van der Waals surface area contributed by atoms with Crippen molar-refractivity contribution in [1.82, 2.24) is 0 Å². The highest BCUT2D eigenvalue weighted by Gasteiger charge is 2.59. The van der Waals surface area contributed by atoms with Crippen LogP contribution in [-0.4, -0.2) is 36.5 Å². The van der Waals surface area contributed by atoms with Crippen LogP contribution in [0.25, 0.3) is 0 Å². The van der Waals surface area contributed by atoms with Crippen molar-refractivity contribution in [3.63, 3.8) is 0 Å². The number of nitrogens with zero attached hydrogens (tertiary/aromatic N) is 2. The first-order valence-electron chi connectivity index (χ1n) is 11.8. The molecule has 36 heavy (non-hydrogen) atoms. The minimum absolute atomic E-state index is 0.155. The van der Waals surface area contributed by atoms with E-state index in [2.05, 4.69) is 27.7 Å². The molecule has 194 valence electrons. The van der Waals surface area contributed by atoms with Gasteiger partial charge in [0, 0.05) is 20.5 Å². The van der Waals surface area contributed by atoms with Gasteiger partial charge in [-0.05, 0) is 64.3 Å². The number of carbonyl (C=O) groups excluding carboxylic acids is 2. The van der Waals surface area contributed by atoms with Crippen molar-refractivity contribution in [2.75, 3.05) is 23.9 Å². The Morgan fingerprint density at radius 1 is 0.972 bits per heavy atom. The van der Waals surface area contributed by atoms with Gasteiger partial charge < -0.3 is 4.90 Å². The highest BCUT2D eigenvalue weighted by molar-refractivity contribution is 8.17. The average Bonchev–Trinajstić information content (AvgIpc) is 2.98. The number of ether oxygens (including phenoxy) is 1. The van der Waals surface area contributed by atoms with E-state index in [4.69, 9.17) is 4.74 Å². The molecule has 0 N–H and O–H groups in total. The molecule has 1 amide bonds. The minimum Gasteiger partial charge on any atom is -0.376 e. The Bertz CT molecular complexity index is 1190. The van der Waals surface area contributed by atoms with Crippen molar-refractivity contribution >= 4 is 34.2 Å². The maximum atomic E-state index is 13.9. The molecule has 4 rings (SSSR count). The molecule has 2 aromatic rings. The fraction of sp³-hybridized carbons (Fsp3) is 0.481. The van der Waals surface area contributed by atoms with Gasteiger partial charge in [0.2, 0.25) is 5.06 Å². The van der Waals surface area contributed by atoms with Gasteiger partial charge >= 0.3 is 12.3 Å². The van der Waals surface area contributed by atoms with Crippen LogP contribution in [0.4, 0.5) is 24.5 Å². The lowest BCUT2D eigenvalue weighted by molar-refractivity contribution is -0.348. The number of benzene rings is 2. The number of alkyl halides is 3. The molecule has 1 unspecified atom stereocenters. The zero-order chi connectivity index (χ0) is 26.7. The van der Waals surface area contributed by atoms with Gasteiger partial charge in [-0.1, -0.05) is 58.0 Å². The molecule has 0 bridgehead atoms. The first-order valence-corrected chi connectivity index (χ1v) is 12.6. The second kappa shape index (κ2) is 8.80. The Morgan fingerprint density at radius 3 is 2.06 bits per heavy atom. The maximum absolute atomic E-state index is 13.9. The molecule has 1 aliphatic carbocycles. The summed E-state index contributed by atoms with van der Waals surface area (Å²) in [5, 5.41) is -3.31. The number of anilines is 2. The Kier molecular flexibility index (Phi) is 6.49. The summed E-state index contributed by atoms with van der Waals surface area (Å²) in [4.78, 5) is 28.8. The van der Waals surface area contributed by atoms with E-state index in [1.54, 1.807) is 55.4 Å². The molecule has 0 radical (unpaired) electrons. The van der Waals surface area contributed by atoms with Gasteiger partial charge in [-0.2, -0.15) is 0 Å². The zero-order valence-electron chi connectivity index (χ0n) is 21.3. The maximum Gasteiger partial charge on any atom is 0.525 e. The van der Waals surface area contributed by atoms with Gasteiger partial charge in [0.05, 0.1) is 11.4 Å². The smallest absolute Gasteiger partial charge is 0.376 e. The Morgan fingerprint density at radius 2 is 1.53 bits per heavy atom. The molecule has 0 saturated carbocycles. The molecule has 5 nitrogen and oxygen atoms in total. The van der Waals surface area contributed by atoms with Gasteiger partial charge in [0.25, 0.3) is 5.12 Å². The van der Waals surface area contributed by atoms with Crippen molar-refractivity contribution < 1.29 is 27.5 Å². The normalized spacial score (nSPS) is 23.1. The summed E-state index contributed by atoms with van der Waals surface area (Å²) in [5.74, 6) is -1.03. The SMILES string of the molecule is CN(C)c1cc2c(cc1N1C(=O)C(=O)SC1(Cc1ccccc1)OC(F)(F)F)C(C)(C)CCC2(C)C. The van der Waals surface area contributed by atoms with E-state index < -0.39 is 22.4 Å². The lowest BCUT2D eigenvalue weighted by Crippen LogP contribution is -2.51. The third-order valence-corrected chi connectivity index (χ3v) is 8.28. The summed E-state index contributed by atoms with van der Waals surface area (Å²) in [6.07, 6.45) is -3.58. The van der Waals surface area contributed by atoms with Crippen LogP contribution in [0.5, 0.6) is 0 Å². The monoisotopic (exact) mass is 520 g/mol. The van der Waals surface area contributed by atoms with Gasteiger partial charge in [-0.15, -0.1) is 13.2 Å². The molecular formula is C27H31F3N2O3S. The van der Waals surface area contributed by atoms with Crippen molar-refractivity contribution in [2.24, 2.45) is 0 Å². The molecule has 1 fully saturated rings. The first-order chi connectivity index (χ1) is 16.6. The van der Waals surface area contributed by atoms with Crippen LogP contribution in [0.3, 0.4) is 0 Å². The standard InChI is InChI=1S/C27H31F3N2O3S/c1-24(2)12-13-25(3,4)19-15-21(20(31(5)6)14-18(19)24)32-22(33)23(34)36-26(32,35-27(28,29)30)16-17-10-8-7-9-11-17/h7-11,14-15H,12-13,16H2,1-6H3. The second-order valence-corrected chi connectivity index (χ2v) is 12.2. The lowest BCUT2D eigenvalue weighted by Gasteiger charge is -2.44. The fourth-order valence-corrected chi connectivity index (χ4v) is 6.27. The number of thioether (sulfide) groups is 1. The van der Waals surface area contributed by atoms with E-state index in [9.17, 15) is 22.8 Å². The van der Waals surface area contributed by atoms with Crippen LogP contribution in [-0.2, 0) is 31.6 Å². The first kappa shape index (κ1) is 26.5. The number of carbonyl (C=O) groups is 2. The summed E-state index contributed by atoms with van der Waals surface area (Å²) in [6, 6.07) is 12.2. The summed E-state index contributed by atoms with van der Waals surface area (Å²) in [7, 11) is 3.54. The molecule has 1 heterocycles. The number of amides is 1. The number of halogens is 3. The molecule has 2 aliphatic rings. The highest BCUT2D eigenvalue weighted by atomic mass is 32.2. The highest BCUT2D eigenvalue weighted by Crippen LogP contribution is 2.53. The summed E-state index contributed by atoms with van der Waals surface area (Å²) in [6.45, 7) is 8.48. The number of rotatable bonds is 5. The topological polar surface area (TPSA) is 49.9 Å². The van der Waals surface area contributed by atoms with Crippen molar-refractivity contribution in [1.29, 1.82) is 0 Å². The van der Waals surface area contributed by atoms with Gasteiger partial charge in [-0.25, -0.2) is 0 Å². The van der Waals surface area contributed by atoms with E-state index in [0.29, 0.717) is 11.3 Å². The lowest BCUT2D eigenvalue weighted by atomic mass is 9.63. The quantitative estimate of drug-likeness (QED) is 0.443. The number of fused-ring (bicyclic) bond motifs is 1. The predicted octanol–water partition coefficient (Wildman–Crippen LogP) is 6.14. The van der Waals surface area contributed by atoms with Crippen LogP contribution < -0.4 is 9.80 Å². The number of hydrogen-bond donors (Lipinski definition) is 0. The summed E-state index contributed by atoms with van der Waals surface area (Å²) in [5.41, 5.74) is 2.90. The Balaban J connectivity index is 1.99. The fourth-order valence-electron chi connectivity index (χ4n) is 5.15. The zero-order valence-corrected chi connectivity index (χ0v) is 22.1. The minimum atomic E-state index is -5.08. The van der Waals surface area contributed by atoms with Crippen molar-refractivity contribution in [2.45, 2.75) is 69.2 Å². The molecule has 1 aliphatic heterocycles. The van der Waals surface area contributed by atoms with Gasteiger partial charge in [0.1, 0.15) is 0 Å². The summed E-state index contributed by atoms with van der Waals surface area (Å²) >= 11 is 0.280. The van der Waals surface area contributed by atoms with Crippen LogP contribution in [0.1, 0.15) is 57.2 Å². The Labute approximate surface area is 214 Å². The van der Waals surface area contributed by atoms with E-state index in [0.717, 1.165) is 28.9 Å². The molecule has 9 heteroatoms. The third-order valence-electron chi connectivity index (χ3n) is 7.19.